The third-order valence-corrected chi connectivity index (χ3v) is 1.91. The summed E-state index contributed by atoms with van der Waals surface area (Å²) in [6, 6.07) is 6.18. The Bertz CT molecular complexity index is 329. The topological polar surface area (TPSA) is 52.6 Å². The Morgan fingerprint density at radius 2 is 1.14 bits per heavy atom. The molecule has 72 valence electrons. The summed E-state index contributed by atoms with van der Waals surface area (Å²) in [7, 11) is 0. The molecule has 0 spiro atoms. The zero-order chi connectivity index (χ0) is 9.97. The number of hydrogen-bond acceptors (Lipinski definition) is 4. The van der Waals surface area contributed by atoms with Gasteiger partial charge in [0.25, 0.3) is 0 Å². The SMILES string of the molecule is O=C1OCCOC(=O)c2ccc1cc2. The molecule has 2 aliphatic heterocycles. The van der Waals surface area contributed by atoms with Crippen molar-refractivity contribution in [2.45, 2.75) is 0 Å². The molecule has 2 bridgehead atoms. The van der Waals surface area contributed by atoms with Gasteiger partial charge in [0, 0.05) is 0 Å². The minimum Gasteiger partial charge on any atom is -0.458 e. The third-order valence-electron chi connectivity index (χ3n) is 1.91. The van der Waals surface area contributed by atoms with Gasteiger partial charge >= 0.3 is 11.9 Å². The third kappa shape index (κ3) is 1.59. The van der Waals surface area contributed by atoms with Crippen molar-refractivity contribution in [3.63, 3.8) is 0 Å². The van der Waals surface area contributed by atoms with Gasteiger partial charge in [0.1, 0.15) is 13.2 Å². The first-order chi connectivity index (χ1) is 6.77. The van der Waals surface area contributed by atoms with Crippen molar-refractivity contribution in [1.29, 1.82) is 0 Å². The lowest BCUT2D eigenvalue weighted by Crippen LogP contribution is -2.16. The molecule has 0 aliphatic carbocycles. The minimum absolute atomic E-state index is 0.100. The van der Waals surface area contributed by atoms with E-state index in [1.165, 1.54) is 0 Å². The van der Waals surface area contributed by atoms with Gasteiger partial charge in [0.2, 0.25) is 0 Å². The van der Waals surface area contributed by atoms with Crippen molar-refractivity contribution in [3.05, 3.63) is 35.4 Å². The Hall–Kier alpha value is -1.84. The molecule has 0 fully saturated rings. The zero-order valence-corrected chi connectivity index (χ0v) is 7.36. The Morgan fingerprint density at radius 3 is 1.50 bits per heavy atom. The van der Waals surface area contributed by atoms with E-state index in [9.17, 15) is 9.59 Å². The number of ether oxygens (including phenoxy) is 2. The van der Waals surface area contributed by atoms with E-state index in [1.54, 1.807) is 24.3 Å². The molecule has 4 heteroatoms. The van der Waals surface area contributed by atoms with E-state index in [4.69, 9.17) is 9.47 Å². The van der Waals surface area contributed by atoms with E-state index in [1.807, 2.05) is 0 Å². The van der Waals surface area contributed by atoms with Crippen LogP contribution in [-0.4, -0.2) is 25.2 Å². The Morgan fingerprint density at radius 1 is 0.786 bits per heavy atom. The lowest BCUT2D eigenvalue weighted by Gasteiger charge is -2.09. The van der Waals surface area contributed by atoms with Crippen LogP contribution in [0.15, 0.2) is 24.3 Å². The first-order valence-corrected chi connectivity index (χ1v) is 4.22. The van der Waals surface area contributed by atoms with Crippen molar-refractivity contribution >= 4 is 11.9 Å². The smallest absolute Gasteiger partial charge is 0.338 e. The van der Waals surface area contributed by atoms with Crippen LogP contribution in [0.5, 0.6) is 0 Å². The molecule has 0 saturated carbocycles. The summed E-state index contributed by atoms with van der Waals surface area (Å²) in [5, 5.41) is 0. The number of fused-ring (bicyclic) bond motifs is 7. The Balaban J connectivity index is 2.39. The maximum atomic E-state index is 11.3. The molecule has 3 rings (SSSR count). The summed E-state index contributed by atoms with van der Waals surface area (Å²) >= 11 is 0. The summed E-state index contributed by atoms with van der Waals surface area (Å²) in [5.74, 6) is -0.788. The maximum Gasteiger partial charge on any atom is 0.338 e. The maximum absolute atomic E-state index is 11.3. The second kappa shape index (κ2) is 3.49. The molecular formula is C10H8O4. The molecule has 2 heterocycles. The molecule has 1 aromatic rings. The van der Waals surface area contributed by atoms with E-state index in [2.05, 4.69) is 0 Å². The first kappa shape index (κ1) is 8.74. The molecule has 0 amide bonds. The summed E-state index contributed by atoms with van der Waals surface area (Å²) in [6.07, 6.45) is 0. The molecule has 4 nitrogen and oxygen atoms in total. The molecule has 0 unspecified atom stereocenters. The minimum atomic E-state index is -0.394. The van der Waals surface area contributed by atoms with Gasteiger partial charge in [0.05, 0.1) is 11.1 Å². The highest BCUT2D eigenvalue weighted by Crippen LogP contribution is 2.09. The predicted molar refractivity (Wildman–Crippen MR) is 47.0 cm³/mol. The fraction of sp³-hybridized carbons (Fsp3) is 0.200. The van der Waals surface area contributed by atoms with Crippen molar-refractivity contribution in [2.24, 2.45) is 0 Å². The number of hydrogen-bond donors (Lipinski definition) is 0. The van der Waals surface area contributed by atoms with Crippen molar-refractivity contribution < 1.29 is 19.1 Å². The van der Waals surface area contributed by atoms with E-state index in [0.717, 1.165) is 0 Å². The fourth-order valence-corrected chi connectivity index (χ4v) is 1.18. The van der Waals surface area contributed by atoms with Crippen LogP contribution >= 0.6 is 0 Å². The van der Waals surface area contributed by atoms with Crippen LogP contribution in [0, 0.1) is 0 Å². The molecule has 0 saturated heterocycles. The van der Waals surface area contributed by atoms with Gasteiger partial charge in [-0.15, -0.1) is 0 Å². The number of esters is 2. The summed E-state index contributed by atoms with van der Waals surface area (Å²) in [4.78, 5) is 22.5. The molecule has 14 heavy (non-hydrogen) atoms. The number of carbonyl (C=O) groups is 2. The highest BCUT2D eigenvalue weighted by Gasteiger charge is 2.13. The molecule has 0 atom stereocenters. The highest BCUT2D eigenvalue weighted by atomic mass is 16.6. The number of benzene rings is 1. The van der Waals surface area contributed by atoms with Gasteiger partial charge in [-0.2, -0.15) is 0 Å². The number of carbonyl (C=O) groups excluding carboxylic acids is 2. The molecule has 0 aromatic heterocycles. The summed E-state index contributed by atoms with van der Waals surface area (Å²) < 4.78 is 9.66. The van der Waals surface area contributed by atoms with Crippen molar-refractivity contribution in [2.75, 3.05) is 13.2 Å². The van der Waals surface area contributed by atoms with Gasteiger partial charge in [-0.3, -0.25) is 0 Å². The van der Waals surface area contributed by atoms with E-state index < -0.39 is 11.9 Å². The monoisotopic (exact) mass is 192 g/mol. The van der Waals surface area contributed by atoms with E-state index >= 15 is 0 Å². The van der Waals surface area contributed by atoms with Crippen LogP contribution in [0.3, 0.4) is 0 Å². The average molecular weight is 192 g/mol. The lowest BCUT2D eigenvalue weighted by molar-refractivity contribution is 0.0260. The molecule has 2 aliphatic rings. The van der Waals surface area contributed by atoms with Gasteiger partial charge in [-0.25, -0.2) is 9.59 Å². The summed E-state index contributed by atoms with van der Waals surface area (Å²) in [5.41, 5.74) is 0.895. The van der Waals surface area contributed by atoms with Gasteiger partial charge in [-0.05, 0) is 24.3 Å². The second-order valence-corrected chi connectivity index (χ2v) is 2.85. The lowest BCUT2D eigenvalue weighted by atomic mass is 10.1. The predicted octanol–water partition coefficient (Wildman–Crippen LogP) is 1.01. The standard InChI is InChI=1S/C10H8O4/c11-9-7-1-2-8(4-3-7)10(12)14-6-5-13-9/h1-4H,5-6H2. The van der Waals surface area contributed by atoms with Crippen molar-refractivity contribution in [3.8, 4) is 0 Å². The average Bonchev–Trinajstić information content (AvgIpc) is 2.23. The number of rotatable bonds is 0. The van der Waals surface area contributed by atoms with Crippen molar-refractivity contribution in [1.82, 2.24) is 0 Å². The van der Waals surface area contributed by atoms with E-state index in [-0.39, 0.29) is 13.2 Å². The van der Waals surface area contributed by atoms with Crippen LogP contribution in [0.2, 0.25) is 0 Å². The Kier molecular flexibility index (Phi) is 2.18. The second-order valence-electron chi connectivity index (χ2n) is 2.85. The van der Waals surface area contributed by atoms with Crippen LogP contribution < -0.4 is 0 Å². The molecule has 0 N–H and O–H groups in total. The zero-order valence-electron chi connectivity index (χ0n) is 7.36. The van der Waals surface area contributed by atoms with Gasteiger partial charge in [-0.1, -0.05) is 0 Å². The van der Waals surface area contributed by atoms with Crippen LogP contribution in [0.4, 0.5) is 0 Å². The quantitative estimate of drug-likeness (QED) is 0.576. The van der Waals surface area contributed by atoms with Gasteiger partial charge < -0.3 is 9.47 Å². The molecular weight excluding hydrogens is 184 g/mol. The molecule has 0 radical (unpaired) electrons. The van der Waals surface area contributed by atoms with Crippen LogP contribution in [0.1, 0.15) is 20.7 Å². The normalized spacial score (nSPS) is 16.0. The van der Waals surface area contributed by atoms with Crippen LogP contribution in [0.25, 0.3) is 0 Å². The van der Waals surface area contributed by atoms with E-state index in [0.29, 0.717) is 11.1 Å². The molecule has 1 aromatic carbocycles. The fourth-order valence-electron chi connectivity index (χ4n) is 1.18. The highest BCUT2D eigenvalue weighted by molar-refractivity contribution is 5.93. The Labute approximate surface area is 80.4 Å². The summed E-state index contributed by atoms with van der Waals surface area (Å²) in [6.45, 7) is 0.200. The van der Waals surface area contributed by atoms with Gasteiger partial charge in [0.15, 0.2) is 0 Å². The largest absolute Gasteiger partial charge is 0.458 e. The first-order valence-electron chi connectivity index (χ1n) is 4.22. The van der Waals surface area contributed by atoms with Crippen LogP contribution in [-0.2, 0) is 9.47 Å².